The maximum Gasteiger partial charge on any atom is 0.179 e. The third-order valence-corrected chi connectivity index (χ3v) is 2.92. The molecule has 1 aromatic rings. The number of likely N-dealkylation sites (N-methyl/N-ethyl adjacent to an activating group) is 1. The van der Waals surface area contributed by atoms with E-state index in [2.05, 4.69) is 21.2 Å². The van der Waals surface area contributed by atoms with Gasteiger partial charge in [0.25, 0.3) is 0 Å². The fourth-order valence-electron chi connectivity index (χ4n) is 1.56. The lowest BCUT2D eigenvalue weighted by molar-refractivity contribution is 0.0922. The van der Waals surface area contributed by atoms with Crippen molar-refractivity contribution in [2.24, 2.45) is 5.92 Å². The highest BCUT2D eigenvalue weighted by atomic mass is 79.9. The molecular formula is C12H16BrNO. The number of rotatable bonds is 4. The van der Waals surface area contributed by atoms with Gasteiger partial charge in [0.2, 0.25) is 0 Å². The SMILES string of the molecule is CNC(C(=O)c1ccc(Br)cc1)C(C)C. The molecule has 1 rings (SSSR count). The lowest BCUT2D eigenvalue weighted by Gasteiger charge is -2.18. The van der Waals surface area contributed by atoms with Gasteiger partial charge in [-0.15, -0.1) is 0 Å². The highest BCUT2D eigenvalue weighted by Crippen LogP contribution is 2.14. The van der Waals surface area contributed by atoms with Crippen molar-refractivity contribution in [1.82, 2.24) is 5.32 Å². The van der Waals surface area contributed by atoms with Gasteiger partial charge in [0, 0.05) is 10.0 Å². The first kappa shape index (κ1) is 12.4. The summed E-state index contributed by atoms with van der Waals surface area (Å²) in [4.78, 5) is 12.1. The minimum absolute atomic E-state index is 0.105. The van der Waals surface area contributed by atoms with E-state index in [9.17, 15) is 4.79 Å². The van der Waals surface area contributed by atoms with Crippen molar-refractivity contribution in [3.05, 3.63) is 34.3 Å². The van der Waals surface area contributed by atoms with Crippen molar-refractivity contribution in [3.63, 3.8) is 0 Å². The highest BCUT2D eigenvalue weighted by molar-refractivity contribution is 9.10. The average Bonchev–Trinajstić information content (AvgIpc) is 2.19. The number of hydrogen-bond acceptors (Lipinski definition) is 2. The van der Waals surface area contributed by atoms with Gasteiger partial charge >= 0.3 is 0 Å². The van der Waals surface area contributed by atoms with E-state index in [1.54, 1.807) is 0 Å². The van der Waals surface area contributed by atoms with E-state index in [-0.39, 0.29) is 11.8 Å². The Labute approximate surface area is 99.2 Å². The summed E-state index contributed by atoms with van der Waals surface area (Å²) in [6.45, 7) is 4.08. The molecule has 0 fully saturated rings. The highest BCUT2D eigenvalue weighted by Gasteiger charge is 2.21. The van der Waals surface area contributed by atoms with Gasteiger partial charge in [0.05, 0.1) is 6.04 Å². The molecular weight excluding hydrogens is 254 g/mol. The normalized spacial score (nSPS) is 12.9. The van der Waals surface area contributed by atoms with E-state index in [0.717, 1.165) is 10.0 Å². The summed E-state index contributed by atoms with van der Waals surface area (Å²) < 4.78 is 0.990. The van der Waals surface area contributed by atoms with Crippen LogP contribution in [0.1, 0.15) is 24.2 Å². The predicted molar refractivity (Wildman–Crippen MR) is 66.2 cm³/mol. The van der Waals surface area contributed by atoms with Gasteiger partial charge in [-0.05, 0) is 25.1 Å². The van der Waals surface area contributed by atoms with Crippen molar-refractivity contribution in [3.8, 4) is 0 Å². The number of nitrogens with one attached hydrogen (secondary N) is 1. The fourth-order valence-corrected chi connectivity index (χ4v) is 1.83. The zero-order valence-corrected chi connectivity index (χ0v) is 10.8. The lowest BCUT2D eigenvalue weighted by atomic mass is 9.95. The Morgan fingerprint density at radius 1 is 1.27 bits per heavy atom. The molecule has 1 atom stereocenters. The van der Waals surface area contributed by atoms with Crippen molar-refractivity contribution < 1.29 is 4.79 Å². The first-order valence-corrected chi connectivity index (χ1v) is 5.82. The zero-order chi connectivity index (χ0) is 11.4. The van der Waals surface area contributed by atoms with Crippen molar-refractivity contribution in [2.75, 3.05) is 7.05 Å². The molecule has 0 aliphatic rings. The maximum absolute atomic E-state index is 12.1. The van der Waals surface area contributed by atoms with Crippen LogP contribution in [0.2, 0.25) is 0 Å². The van der Waals surface area contributed by atoms with Crippen LogP contribution >= 0.6 is 15.9 Å². The summed E-state index contributed by atoms with van der Waals surface area (Å²) in [5.74, 6) is 0.450. The third-order valence-electron chi connectivity index (χ3n) is 2.39. The topological polar surface area (TPSA) is 29.1 Å². The van der Waals surface area contributed by atoms with Crippen molar-refractivity contribution in [1.29, 1.82) is 0 Å². The standard InChI is InChI=1S/C12H16BrNO/c1-8(2)11(14-3)12(15)9-4-6-10(13)7-5-9/h4-8,11,14H,1-3H3. The second-order valence-electron chi connectivity index (χ2n) is 3.88. The van der Waals surface area contributed by atoms with Crippen LogP contribution in [0.25, 0.3) is 0 Å². The predicted octanol–water partition coefficient (Wildman–Crippen LogP) is 2.88. The molecule has 3 heteroatoms. The van der Waals surface area contributed by atoms with Crippen LogP contribution in [0.4, 0.5) is 0 Å². The number of carbonyl (C=O) groups excluding carboxylic acids is 1. The molecule has 0 radical (unpaired) electrons. The summed E-state index contributed by atoms with van der Waals surface area (Å²) >= 11 is 3.35. The van der Waals surface area contributed by atoms with Gasteiger partial charge in [-0.3, -0.25) is 4.79 Å². The number of carbonyl (C=O) groups is 1. The van der Waals surface area contributed by atoms with Gasteiger partial charge in [-0.2, -0.15) is 0 Å². The van der Waals surface area contributed by atoms with Crippen LogP contribution in [0, 0.1) is 5.92 Å². The van der Waals surface area contributed by atoms with E-state index >= 15 is 0 Å². The molecule has 82 valence electrons. The Morgan fingerprint density at radius 2 is 1.80 bits per heavy atom. The van der Waals surface area contributed by atoms with Crippen molar-refractivity contribution >= 4 is 21.7 Å². The van der Waals surface area contributed by atoms with E-state index in [0.29, 0.717) is 5.92 Å². The molecule has 15 heavy (non-hydrogen) atoms. The van der Waals surface area contributed by atoms with Gasteiger partial charge < -0.3 is 5.32 Å². The van der Waals surface area contributed by atoms with E-state index in [1.807, 2.05) is 45.2 Å². The molecule has 0 saturated carbocycles. The third kappa shape index (κ3) is 3.14. The Balaban J connectivity index is 2.88. The number of benzene rings is 1. The Bertz CT molecular complexity index is 332. The summed E-state index contributed by atoms with van der Waals surface area (Å²) in [5.41, 5.74) is 0.756. The molecule has 0 bridgehead atoms. The van der Waals surface area contributed by atoms with Crippen LogP contribution in [0.3, 0.4) is 0 Å². The minimum Gasteiger partial charge on any atom is -0.310 e. The summed E-state index contributed by atoms with van der Waals surface area (Å²) in [7, 11) is 1.82. The molecule has 1 unspecified atom stereocenters. The van der Waals surface area contributed by atoms with E-state index < -0.39 is 0 Å². The van der Waals surface area contributed by atoms with E-state index in [4.69, 9.17) is 0 Å². The largest absolute Gasteiger partial charge is 0.310 e. The van der Waals surface area contributed by atoms with Crippen LogP contribution in [0.15, 0.2) is 28.7 Å². The molecule has 0 aromatic heterocycles. The van der Waals surface area contributed by atoms with Gasteiger partial charge in [-0.25, -0.2) is 0 Å². The Kier molecular flexibility index (Phi) is 4.48. The molecule has 0 aliphatic carbocycles. The molecule has 0 aliphatic heterocycles. The fraction of sp³-hybridized carbons (Fsp3) is 0.417. The molecule has 1 N–H and O–H groups in total. The molecule has 2 nitrogen and oxygen atoms in total. The monoisotopic (exact) mass is 269 g/mol. The van der Waals surface area contributed by atoms with Gasteiger partial charge in [0.15, 0.2) is 5.78 Å². The number of hydrogen-bond donors (Lipinski definition) is 1. The average molecular weight is 270 g/mol. The van der Waals surface area contributed by atoms with Crippen molar-refractivity contribution in [2.45, 2.75) is 19.9 Å². The smallest absolute Gasteiger partial charge is 0.179 e. The quantitative estimate of drug-likeness (QED) is 0.852. The summed E-state index contributed by atoms with van der Waals surface area (Å²) in [6, 6.07) is 7.37. The number of halogens is 1. The second-order valence-corrected chi connectivity index (χ2v) is 4.80. The Hall–Kier alpha value is -0.670. The lowest BCUT2D eigenvalue weighted by Crippen LogP contribution is -2.38. The van der Waals surface area contributed by atoms with Gasteiger partial charge in [0.1, 0.15) is 0 Å². The second kappa shape index (κ2) is 5.42. The molecule has 1 aromatic carbocycles. The number of ketones is 1. The zero-order valence-electron chi connectivity index (χ0n) is 9.25. The van der Waals surface area contributed by atoms with Crippen LogP contribution in [-0.4, -0.2) is 18.9 Å². The first-order chi connectivity index (χ1) is 7.06. The van der Waals surface area contributed by atoms with Gasteiger partial charge in [-0.1, -0.05) is 41.9 Å². The molecule has 0 heterocycles. The maximum atomic E-state index is 12.1. The molecule has 0 saturated heterocycles. The van der Waals surface area contributed by atoms with Crippen LogP contribution < -0.4 is 5.32 Å². The molecule has 0 spiro atoms. The summed E-state index contributed by atoms with van der Waals surface area (Å²) in [6.07, 6.45) is 0. The number of Topliss-reactive ketones (excluding diaryl/α,β-unsaturated/α-hetero) is 1. The van der Waals surface area contributed by atoms with E-state index in [1.165, 1.54) is 0 Å². The minimum atomic E-state index is -0.105. The molecule has 0 amide bonds. The van der Waals surface area contributed by atoms with Crippen LogP contribution in [-0.2, 0) is 0 Å². The first-order valence-electron chi connectivity index (χ1n) is 5.03. The Morgan fingerprint density at radius 3 is 2.20 bits per heavy atom. The summed E-state index contributed by atoms with van der Waals surface area (Å²) in [5, 5.41) is 3.05. The van der Waals surface area contributed by atoms with Crippen LogP contribution in [0.5, 0.6) is 0 Å².